The molecule has 1 aliphatic heterocycles. The van der Waals surface area contributed by atoms with Crippen molar-refractivity contribution in [2.45, 2.75) is 43.4 Å². The van der Waals surface area contributed by atoms with Crippen molar-refractivity contribution in [1.82, 2.24) is 0 Å². The van der Waals surface area contributed by atoms with Crippen LogP contribution in [0.5, 0.6) is 0 Å². The van der Waals surface area contributed by atoms with E-state index in [4.69, 9.17) is 9.47 Å². The first-order valence-electron chi connectivity index (χ1n) is 8.74. The third kappa shape index (κ3) is 3.62. The summed E-state index contributed by atoms with van der Waals surface area (Å²) in [7, 11) is 0.787. The summed E-state index contributed by atoms with van der Waals surface area (Å²) in [5.41, 5.74) is -2.98. The van der Waals surface area contributed by atoms with Gasteiger partial charge in [0, 0.05) is 12.7 Å². The number of carbonyl (C=O) groups excluding carboxylic acids is 2. The minimum absolute atomic E-state index is 0.336. The average Bonchev–Trinajstić information content (AvgIpc) is 3.18. The van der Waals surface area contributed by atoms with Crippen LogP contribution < -0.4 is 0 Å². The number of benzene rings is 1. The van der Waals surface area contributed by atoms with Crippen LogP contribution in [0.3, 0.4) is 0 Å². The van der Waals surface area contributed by atoms with Crippen LogP contribution in [0.25, 0.3) is 0 Å². The van der Waals surface area contributed by atoms with Gasteiger partial charge in [-0.05, 0) is 37.0 Å². The van der Waals surface area contributed by atoms with Crippen molar-refractivity contribution in [2.24, 2.45) is 0 Å². The minimum atomic E-state index is -5.08. The molecule has 2 aliphatic rings. The molecule has 5 nitrogen and oxygen atoms in total. The zero-order valence-corrected chi connectivity index (χ0v) is 15.1. The lowest BCUT2D eigenvalue weighted by molar-refractivity contribution is -0.283. The number of ether oxygens (including phenoxy) is 3. The molecule has 0 saturated heterocycles. The second-order valence-electron chi connectivity index (χ2n) is 6.47. The van der Waals surface area contributed by atoms with Crippen LogP contribution in [-0.4, -0.2) is 37.4 Å². The number of esters is 1. The molecule has 1 aromatic rings. The minimum Gasteiger partial charge on any atom is -0.429 e. The molecule has 0 amide bonds. The summed E-state index contributed by atoms with van der Waals surface area (Å²) in [6.07, 6.45) is -1.01. The summed E-state index contributed by atoms with van der Waals surface area (Å²) in [5, 5.41) is 0. The number of hydrogen-bond acceptors (Lipinski definition) is 5. The first kappa shape index (κ1) is 20.3. The highest BCUT2D eigenvalue weighted by atomic mass is 19.4. The molecule has 150 valence electrons. The third-order valence-corrected chi connectivity index (χ3v) is 4.76. The van der Waals surface area contributed by atoms with E-state index in [9.17, 15) is 22.8 Å². The van der Waals surface area contributed by atoms with Crippen LogP contribution in [0.1, 0.15) is 24.8 Å². The molecule has 0 fully saturated rings. The molecule has 8 heteroatoms. The van der Waals surface area contributed by atoms with Gasteiger partial charge in [-0.3, -0.25) is 4.79 Å². The third-order valence-electron chi connectivity index (χ3n) is 4.76. The Labute approximate surface area is 159 Å². The Morgan fingerprint density at radius 3 is 2.50 bits per heavy atom. The largest absolute Gasteiger partial charge is 0.432 e. The van der Waals surface area contributed by atoms with Crippen molar-refractivity contribution in [2.75, 3.05) is 7.11 Å². The molecule has 3 atom stereocenters. The Morgan fingerprint density at radius 2 is 1.93 bits per heavy atom. The van der Waals surface area contributed by atoms with E-state index in [2.05, 4.69) is 4.74 Å². The highest BCUT2D eigenvalue weighted by Crippen LogP contribution is 2.43. The average molecular weight is 396 g/mol. The molecule has 1 aromatic carbocycles. The van der Waals surface area contributed by atoms with Crippen molar-refractivity contribution < 1.29 is 37.0 Å². The van der Waals surface area contributed by atoms with Crippen LogP contribution in [0.4, 0.5) is 13.2 Å². The predicted octanol–water partition coefficient (Wildman–Crippen LogP) is 3.59. The molecule has 0 N–H and O–H groups in total. The van der Waals surface area contributed by atoms with E-state index in [0.29, 0.717) is 6.42 Å². The first-order valence-corrected chi connectivity index (χ1v) is 8.74. The summed E-state index contributed by atoms with van der Waals surface area (Å²) in [6, 6.07) is 6.50. The van der Waals surface area contributed by atoms with E-state index in [1.54, 1.807) is 0 Å². The lowest BCUT2D eigenvalue weighted by atomic mass is 9.92. The van der Waals surface area contributed by atoms with Crippen molar-refractivity contribution in [1.29, 1.82) is 0 Å². The highest BCUT2D eigenvalue weighted by molar-refractivity contribution is 5.96. The maximum atomic E-state index is 13.9. The van der Waals surface area contributed by atoms with Crippen LogP contribution in [0.2, 0.25) is 0 Å². The van der Waals surface area contributed by atoms with Crippen molar-refractivity contribution in [3.8, 4) is 0 Å². The van der Waals surface area contributed by atoms with Gasteiger partial charge in [0.25, 0.3) is 5.60 Å². The van der Waals surface area contributed by atoms with Gasteiger partial charge in [0.2, 0.25) is 6.29 Å². The Morgan fingerprint density at radius 1 is 1.21 bits per heavy atom. The van der Waals surface area contributed by atoms with Gasteiger partial charge in [-0.1, -0.05) is 36.4 Å². The maximum absolute atomic E-state index is 13.9. The van der Waals surface area contributed by atoms with E-state index >= 15 is 0 Å². The fourth-order valence-corrected chi connectivity index (χ4v) is 3.35. The number of carbonyl (C=O) groups is 2. The Hall–Kier alpha value is -2.45. The second kappa shape index (κ2) is 7.89. The van der Waals surface area contributed by atoms with Gasteiger partial charge in [0.15, 0.2) is 5.78 Å². The highest BCUT2D eigenvalue weighted by Gasteiger charge is 2.64. The summed E-state index contributed by atoms with van der Waals surface area (Å²) < 4.78 is 56.9. The molecule has 1 unspecified atom stereocenters. The first-order chi connectivity index (χ1) is 13.3. The van der Waals surface area contributed by atoms with E-state index in [0.717, 1.165) is 49.8 Å². The normalized spacial score (nSPS) is 24.6. The van der Waals surface area contributed by atoms with Crippen molar-refractivity contribution in [3.05, 3.63) is 59.7 Å². The molecule has 0 saturated carbocycles. The number of rotatable bonds is 5. The Bertz CT molecular complexity index is 800. The molecule has 3 rings (SSSR count). The number of alkyl halides is 3. The van der Waals surface area contributed by atoms with Gasteiger partial charge in [-0.25, -0.2) is 4.79 Å². The van der Waals surface area contributed by atoms with E-state index in [-0.39, 0.29) is 5.78 Å². The SMILES string of the molecule is CO[C@@](C(=O)OC1C=CC(=O)[C@H](C2=CCCC2)O1)(c1ccccc1)C(F)(F)F. The van der Waals surface area contributed by atoms with Gasteiger partial charge in [0.1, 0.15) is 6.10 Å². The summed E-state index contributed by atoms with van der Waals surface area (Å²) in [4.78, 5) is 24.7. The van der Waals surface area contributed by atoms with E-state index < -0.39 is 35.7 Å². The van der Waals surface area contributed by atoms with E-state index in [1.807, 2.05) is 6.08 Å². The van der Waals surface area contributed by atoms with Gasteiger partial charge in [-0.2, -0.15) is 13.2 Å². The number of methoxy groups -OCH3 is 1. The maximum Gasteiger partial charge on any atom is 0.432 e. The van der Waals surface area contributed by atoms with Gasteiger partial charge >= 0.3 is 12.1 Å². The summed E-state index contributed by atoms with van der Waals surface area (Å²) in [5.74, 6) is -2.01. The molecular formula is C20H19F3O5. The molecule has 28 heavy (non-hydrogen) atoms. The monoisotopic (exact) mass is 396 g/mol. The molecule has 0 radical (unpaired) electrons. The van der Waals surface area contributed by atoms with Gasteiger partial charge in [0.05, 0.1) is 0 Å². The zero-order chi connectivity index (χ0) is 20.4. The smallest absolute Gasteiger partial charge is 0.429 e. The Kier molecular flexibility index (Phi) is 5.71. The van der Waals surface area contributed by atoms with Crippen molar-refractivity contribution >= 4 is 11.8 Å². The number of hydrogen-bond donors (Lipinski definition) is 0. The molecule has 0 aromatic heterocycles. The molecule has 1 aliphatic carbocycles. The molecule has 0 bridgehead atoms. The second-order valence-corrected chi connectivity index (χ2v) is 6.47. The van der Waals surface area contributed by atoms with Crippen LogP contribution in [-0.2, 0) is 29.4 Å². The topological polar surface area (TPSA) is 61.8 Å². The fourth-order valence-electron chi connectivity index (χ4n) is 3.35. The molecule has 0 spiro atoms. The summed E-state index contributed by atoms with van der Waals surface area (Å²) in [6.45, 7) is 0. The number of halogens is 3. The predicted molar refractivity (Wildman–Crippen MR) is 92.0 cm³/mol. The quantitative estimate of drug-likeness (QED) is 0.562. The standard InChI is InChI=1S/C20H19F3O5/c1-26-19(20(21,22)23,14-9-3-2-4-10-14)18(25)28-16-12-11-15(24)17(27-16)13-7-5-6-8-13/h2-4,7,9-12,16-17H,5-6,8H2,1H3/t16?,17-,19+/m0/s1. The lowest BCUT2D eigenvalue weighted by Gasteiger charge is -2.34. The van der Waals surface area contributed by atoms with Gasteiger partial charge < -0.3 is 14.2 Å². The lowest BCUT2D eigenvalue weighted by Crippen LogP contribution is -2.53. The number of allylic oxidation sites excluding steroid dienone is 1. The summed E-state index contributed by atoms with van der Waals surface area (Å²) >= 11 is 0. The molecule has 1 heterocycles. The van der Waals surface area contributed by atoms with Crippen LogP contribution >= 0.6 is 0 Å². The van der Waals surface area contributed by atoms with Gasteiger partial charge in [-0.15, -0.1) is 0 Å². The number of ketones is 1. The van der Waals surface area contributed by atoms with Crippen LogP contribution in [0, 0.1) is 0 Å². The fraction of sp³-hybridized carbons (Fsp3) is 0.400. The zero-order valence-electron chi connectivity index (χ0n) is 15.1. The Balaban J connectivity index is 1.86. The van der Waals surface area contributed by atoms with Crippen molar-refractivity contribution in [3.63, 3.8) is 0 Å². The van der Waals surface area contributed by atoms with E-state index in [1.165, 1.54) is 18.2 Å². The van der Waals surface area contributed by atoms with Crippen LogP contribution in [0.15, 0.2) is 54.1 Å². The molecular weight excluding hydrogens is 377 g/mol.